The Hall–Kier alpha value is -1.55. The van der Waals surface area contributed by atoms with Crippen molar-refractivity contribution in [3.8, 4) is 0 Å². The first-order valence-corrected chi connectivity index (χ1v) is 6.52. The Morgan fingerprint density at radius 1 is 1.37 bits per heavy atom. The fraction of sp³-hybridized carbons (Fsp3) is 0.533. The zero-order valence-corrected chi connectivity index (χ0v) is 12.4. The minimum absolute atomic E-state index is 0.0975. The molecule has 1 aromatic rings. The van der Waals surface area contributed by atoms with Crippen molar-refractivity contribution in [2.24, 2.45) is 0 Å². The maximum atomic E-state index is 11.8. The summed E-state index contributed by atoms with van der Waals surface area (Å²) in [5.41, 5.74) is 1.76. The molecule has 0 fully saturated rings. The Balaban J connectivity index is 2.76. The van der Waals surface area contributed by atoms with Crippen LogP contribution in [0.1, 0.15) is 37.9 Å². The summed E-state index contributed by atoms with van der Waals surface area (Å²) < 4.78 is 5.29. The van der Waals surface area contributed by atoms with Gasteiger partial charge in [-0.15, -0.1) is 0 Å². The van der Waals surface area contributed by atoms with Crippen molar-refractivity contribution in [3.05, 3.63) is 35.4 Å². The van der Waals surface area contributed by atoms with Crippen LogP contribution in [0.4, 0.5) is 4.79 Å². The molecule has 1 amide bonds. The van der Waals surface area contributed by atoms with Gasteiger partial charge in [-0.3, -0.25) is 0 Å². The molecule has 4 nitrogen and oxygen atoms in total. The van der Waals surface area contributed by atoms with E-state index in [0.717, 1.165) is 5.56 Å². The largest absolute Gasteiger partial charge is 0.444 e. The van der Waals surface area contributed by atoms with Crippen LogP contribution in [0.25, 0.3) is 0 Å². The summed E-state index contributed by atoms with van der Waals surface area (Å²) in [5, 5.41) is 5.98. The number of ether oxygens (including phenoxy) is 1. The quantitative estimate of drug-likeness (QED) is 0.879. The second kappa shape index (κ2) is 6.57. The number of amides is 1. The van der Waals surface area contributed by atoms with E-state index in [1.807, 2.05) is 52.9 Å². The highest BCUT2D eigenvalue weighted by Gasteiger charge is 2.20. The SMILES string of the molecule is CNCC(NC(=O)OC(C)(C)C)c1cccc(C)c1. The molecule has 0 heterocycles. The molecule has 0 aliphatic carbocycles. The van der Waals surface area contributed by atoms with E-state index < -0.39 is 11.7 Å². The number of carbonyl (C=O) groups is 1. The molecule has 0 aliphatic heterocycles. The highest BCUT2D eigenvalue weighted by molar-refractivity contribution is 5.68. The first-order valence-electron chi connectivity index (χ1n) is 6.52. The number of carbonyl (C=O) groups excluding carboxylic acids is 1. The summed E-state index contributed by atoms with van der Waals surface area (Å²) in [6.45, 7) is 8.25. The summed E-state index contributed by atoms with van der Waals surface area (Å²) >= 11 is 0. The molecular formula is C15H24N2O2. The average molecular weight is 264 g/mol. The third-order valence-corrected chi connectivity index (χ3v) is 2.54. The van der Waals surface area contributed by atoms with Crippen LogP contribution in [0.2, 0.25) is 0 Å². The summed E-state index contributed by atoms with van der Waals surface area (Å²) in [4.78, 5) is 11.8. The lowest BCUT2D eigenvalue weighted by molar-refractivity contribution is 0.0503. The van der Waals surface area contributed by atoms with E-state index >= 15 is 0 Å². The van der Waals surface area contributed by atoms with Crippen LogP contribution in [-0.2, 0) is 4.74 Å². The van der Waals surface area contributed by atoms with Gasteiger partial charge in [-0.25, -0.2) is 4.79 Å². The van der Waals surface area contributed by atoms with E-state index in [9.17, 15) is 4.79 Å². The summed E-state index contributed by atoms with van der Waals surface area (Å²) in [7, 11) is 1.86. The van der Waals surface area contributed by atoms with Gasteiger partial charge in [0.25, 0.3) is 0 Å². The Morgan fingerprint density at radius 3 is 2.58 bits per heavy atom. The number of likely N-dealkylation sites (N-methyl/N-ethyl adjacent to an activating group) is 1. The van der Waals surface area contributed by atoms with Gasteiger partial charge in [0.05, 0.1) is 6.04 Å². The zero-order valence-electron chi connectivity index (χ0n) is 12.4. The van der Waals surface area contributed by atoms with Gasteiger partial charge in [0.1, 0.15) is 5.60 Å². The smallest absolute Gasteiger partial charge is 0.408 e. The highest BCUT2D eigenvalue weighted by atomic mass is 16.6. The zero-order chi connectivity index (χ0) is 14.5. The van der Waals surface area contributed by atoms with Gasteiger partial charge in [-0.05, 0) is 40.3 Å². The molecule has 1 aromatic carbocycles. The molecule has 0 bridgehead atoms. The van der Waals surface area contributed by atoms with Crippen LogP contribution < -0.4 is 10.6 Å². The highest BCUT2D eigenvalue weighted by Crippen LogP contribution is 2.15. The topological polar surface area (TPSA) is 50.4 Å². The Bertz CT molecular complexity index is 424. The Kier molecular flexibility index (Phi) is 5.36. The van der Waals surface area contributed by atoms with Crippen molar-refractivity contribution < 1.29 is 9.53 Å². The van der Waals surface area contributed by atoms with Crippen LogP contribution in [0.5, 0.6) is 0 Å². The molecule has 0 saturated heterocycles. The fourth-order valence-corrected chi connectivity index (χ4v) is 1.79. The van der Waals surface area contributed by atoms with Crippen molar-refractivity contribution >= 4 is 6.09 Å². The van der Waals surface area contributed by atoms with Gasteiger partial charge in [0.15, 0.2) is 0 Å². The van der Waals surface area contributed by atoms with Crippen molar-refractivity contribution in [2.45, 2.75) is 39.3 Å². The van der Waals surface area contributed by atoms with Crippen molar-refractivity contribution in [1.82, 2.24) is 10.6 Å². The molecule has 0 radical (unpaired) electrons. The molecule has 0 spiro atoms. The standard InChI is InChI=1S/C15H24N2O2/c1-11-7-6-8-12(9-11)13(10-16-5)17-14(18)19-15(2,3)4/h6-9,13,16H,10H2,1-5H3,(H,17,18). The number of nitrogens with one attached hydrogen (secondary N) is 2. The molecule has 1 atom stereocenters. The fourth-order valence-electron chi connectivity index (χ4n) is 1.79. The Morgan fingerprint density at radius 2 is 2.05 bits per heavy atom. The first kappa shape index (κ1) is 15.5. The van der Waals surface area contributed by atoms with Crippen LogP contribution in [0.3, 0.4) is 0 Å². The predicted molar refractivity (Wildman–Crippen MR) is 77.2 cm³/mol. The predicted octanol–water partition coefficient (Wildman–Crippen LogP) is 2.78. The summed E-state index contributed by atoms with van der Waals surface area (Å²) in [6, 6.07) is 8.00. The Labute approximate surface area is 115 Å². The van der Waals surface area contributed by atoms with Gasteiger partial charge < -0.3 is 15.4 Å². The molecule has 19 heavy (non-hydrogen) atoms. The second-order valence-electron chi connectivity index (χ2n) is 5.67. The van der Waals surface area contributed by atoms with Crippen LogP contribution in [-0.4, -0.2) is 25.3 Å². The number of alkyl carbamates (subject to hydrolysis) is 1. The number of rotatable bonds is 4. The molecule has 1 unspecified atom stereocenters. The molecule has 2 N–H and O–H groups in total. The molecule has 4 heteroatoms. The van der Waals surface area contributed by atoms with E-state index in [0.29, 0.717) is 6.54 Å². The molecule has 0 aromatic heterocycles. The first-order chi connectivity index (χ1) is 8.81. The van der Waals surface area contributed by atoms with Crippen molar-refractivity contribution in [1.29, 1.82) is 0 Å². The lowest BCUT2D eigenvalue weighted by atomic mass is 10.0. The maximum Gasteiger partial charge on any atom is 0.408 e. The number of hydrogen-bond acceptors (Lipinski definition) is 3. The maximum absolute atomic E-state index is 11.8. The third-order valence-electron chi connectivity index (χ3n) is 2.54. The minimum atomic E-state index is -0.485. The van der Waals surface area contributed by atoms with Gasteiger partial charge in [0.2, 0.25) is 0 Å². The summed E-state index contributed by atoms with van der Waals surface area (Å²) in [6.07, 6.45) is -0.394. The van der Waals surface area contributed by atoms with Crippen LogP contribution >= 0.6 is 0 Å². The molecule has 1 rings (SSSR count). The van der Waals surface area contributed by atoms with E-state index in [4.69, 9.17) is 4.74 Å². The number of aryl methyl sites for hydroxylation is 1. The van der Waals surface area contributed by atoms with Gasteiger partial charge in [-0.1, -0.05) is 29.8 Å². The lowest BCUT2D eigenvalue weighted by Gasteiger charge is -2.24. The van der Waals surface area contributed by atoms with Crippen LogP contribution in [0.15, 0.2) is 24.3 Å². The van der Waals surface area contributed by atoms with Gasteiger partial charge in [0, 0.05) is 6.54 Å². The minimum Gasteiger partial charge on any atom is -0.444 e. The van der Waals surface area contributed by atoms with Crippen molar-refractivity contribution in [2.75, 3.05) is 13.6 Å². The number of hydrogen-bond donors (Lipinski definition) is 2. The van der Waals surface area contributed by atoms with Crippen LogP contribution in [0, 0.1) is 6.92 Å². The monoisotopic (exact) mass is 264 g/mol. The summed E-state index contributed by atoms with van der Waals surface area (Å²) in [5.74, 6) is 0. The van der Waals surface area contributed by atoms with Crippen molar-refractivity contribution in [3.63, 3.8) is 0 Å². The molecular weight excluding hydrogens is 240 g/mol. The molecule has 106 valence electrons. The molecule has 0 aliphatic rings. The van der Waals surface area contributed by atoms with Gasteiger partial charge >= 0.3 is 6.09 Å². The number of benzene rings is 1. The lowest BCUT2D eigenvalue weighted by Crippen LogP contribution is -2.38. The third kappa shape index (κ3) is 5.75. The second-order valence-corrected chi connectivity index (χ2v) is 5.67. The average Bonchev–Trinajstić information content (AvgIpc) is 2.26. The van der Waals surface area contributed by atoms with E-state index in [2.05, 4.69) is 16.7 Å². The van der Waals surface area contributed by atoms with E-state index in [1.54, 1.807) is 0 Å². The van der Waals surface area contributed by atoms with Gasteiger partial charge in [-0.2, -0.15) is 0 Å². The normalized spacial score (nSPS) is 12.9. The molecule has 0 saturated carbocycles. The van der Waals surface area contributed by atoms with E-state index in [-0.39, 0.29) is 6.04 Å². The van der Waals surface area contributed by atoms with E-state index in [1.165, 1.54) is 5.56 Å².